The molecule has 0 aliphatic carbocycles. The molecular formula is C12H8O6. The number of hydrogen-bond donors (Lipinski definition) is 0. The number of benzene rings is 1. The summed E-state index contributed by atoms with van der Waals surface area (Å²) in [5.74, 6) is -0.941. The highest BCUT2D eigenvalue weighted by Crippen LogP contribution is 2.41. The molecular weight excluding hydrogens is 240 g/mol. The van der Waals surface area contributed by atoms with Gasteiger partial charge in [0.2, 0.25) is 11.6 Å². The molecule has 0 unspecified atom stereocenters. The Bertz CT molecular complexity index is 559. The molecule has 92 valence electrons. The van der Waals surface area contributed by atoms with Crippen molar-refractivity contribution in [1.29, 1.82) is 0 Å². The molecule has 2 heterocycles. The molecule has 1 aromatic carbocycles. The Morgan fingerprint density at radius 1 is 1.11 bits per heavy atom. The van der Waals surface area contributed by atoms with Gasteiger partial charge in [-0.25, -0.2) is 4.79 Å². The lowest BCUT2D eigenvalue weighted by Gasteiger charge is -2.09. The smallest absolute Gasteiger partial charge is 0.345 e. The maximum Gasteiger partial charge on any atom is 0.345 e. The van der Waals surface area contributed by atoms with Gasteiger partial charge in [0.25, 0.3) is 0 Å². The number of esters is 1. The number of methoxy groups -OCH3 is 1. The number of rotatable bonds is 1. The van der Waals surface area contributed by atoms with Crippen LogP contribution in [0.2, 0.25) is 0 Å². The molecule has 3 rings (SSSR count). The minimum absolute atomic E-state index is 0.0155. The zero-order valence-corrected chi connectivity index (χ0v) is 9.44. The van der Waals surface area contributed by atoms with Gasteiger partial charge in [0.15, 0.2) is 13.2 Å². The number of ether oxygens (including phenoxy) is 3. The monoisotopic (exact) mass is 248 g/mol. The molecule has 0 N–H and O–H groups in total. The molecule has 0 aromatic heterocycles. The summed E-state index contributed by atoms with van der Waals surface area (Å²) in [6.07, 6.45) is 0. The molecule has 2 aliphatic rings. The van der Waals surface area contributed by atoms with Crippen LogP contribution in [0, 0.1) is 0 Å². The van der Waals surface area contributed by atoms with Crippen LogP contribution in [0.1, 0.15) is 31.1 Å². The van der Waals surface area contributed by atoms with E-state index in [2.05, 4.69) is 4.74 Å². The first-order valence-corrected chi connectivity index (χ1v) is 5.24. The number of ketones is 2. The number of Topliss-reactive ketones (excluding diaryl/α,β-unsaturated/α-hetero) is 2. The molecule has 0 amide bonds. The highest BCUT2D eigenvalue weighted by molar-refractivity contribution is 6.13. The molecule has 0 saturated carbocycles. The van der Waals surface area contributed by atoms with Crippen LogP contribution in [0.15, 0.2) is 6.07 Å². The summed E-state index contributed by atoms with van der Waals surface area (Å²) in [5, 5.41) is 0. The van der Waals surface area contributed by atoms with Crippen molar-refractivity contribution in [2.45, 2.75) is 0 Å². The molecule has 0 bridgehead atoms. The first-order chi connectivity index (χ1) is 8.63. The molecule has 6 nitrogen and oxygen atoms in total. The van der Waals surface area contributed by atoms with Crippen LogP contribution in [0.3, 0.4) is 0 Å². The molecule has 0 fully saturated rings. The van der Waals surface area contributed by atoms with Crippen molar-refractivity contribution in [3.8, 4) is 11.5 Å². The van der Waals surface area contributed by atoms with Crippen LogP contribution < -0.4 is 9.47 Å². The summed E-state index contributed by atoms with van der Waals surface area (Å²) in [6, 6.07) is 1.42. The van der Waals surface area contributed by atoms with Gasteiger partial charge in [-0.2, -0.15) is 0 Å². The van der Waals surface area contributed by atoms with Crippen LogP contribution in [-0.2, 0) is 4.74 Å². The molecule has 0 radical (unpaired) electrons. The molecule has 2 aliphatic heterocycles. The Labute approximate surface area is 101 Å². The van der Waals surface area contributed by atoms with Crippen molar-refractivity contribution in [2.24, 2.45) is 0 Å². The van der Waals surface area contributed by atoms with Crippen LogP contribution >= 0.6 is 0 Å². The lowest BCUT2D eigenvalue weighted by Crippen LogP contribution is -2.06. The van der Waals surface area contributed by atoms with Gasteiger partial charge in [0.1, 0.15) is 17.1 Å². The minimum atomic E-state index is -0.687. The predicted molar refractivity (Wildman–Crippen MR) is 57.4 cm³/mol. The van der Waals surface area contributed by atoms with Gasteiger partial charge in [-0.05, 0) is 6.07 Å². The highest BCUT2D eigenvalue weighted by atomic mass is 16.5. The molecule has 6 heteroatoms. The number of carbonyl (C=O) groups excluding carboxylic acids is 3. The lowest BCUT2D eigenvalue weighted by atomic mass is 10.0. The van der Waals surface area contributed by atoms with Crippen molar-refractivity contribution >= 4 is 17.5 Å². The van der Waals surface area contributed by atoms with E-state index in [-0.39, 0.29) is 53.0 Å². The molecule has 0 saturated heterocycles. The lowest BCUT2D eigenvalue weighted by molar-refractivity contribution is 0.0591. The Morgan fingerprint density at radius 2 is 1.61 bits per heavy atom. The molecule has 0 spiro atoms. The Balaban J connectivity index is 2.32. The van der Waals surface area contributed by atoms with Crippen LogP contribution in [0.5, 0.6) is 11.5 Å². The molecule has 18 heavy (non-hydrogen) atoms. The Hall–Kier alpha value is -2.37. The third-order valence-electron chi connectivity index (χ3n) is 2.92. The van der Waals surface area contributed by atoms with Gasteiger partial charge in [0.05, 0.1) is 18.2 Å². The fourth-order valence-electron chi connectivity index (χ4n) is 2.08. The zero-order chi connectivity index (χ0) is 12.9. The third kappa shape index (κ3) is 1.25. The first kappa shape index (κ1) is 10.8. The molecule has 0 atom stereocenters. The first-order valence-electron chi connectivity index (χ1n) is 5.24. The fraction of sp³-hybridized carbons (Fsp3) is 0.250. The van der Waals surface area contributed by atoms with Gasteiger partial charge in [-0.15, -0.1) is 0 Å². The van der Waals surface area contributed by atoms with E-state index in [1.54, 1.807) is 0 Å². The van der Waals surface area contributed by atoms with Crippen LogP contribution in [-0.4, -0.2) is 37.9 Å². The van der Waals surface area contributed by atoms with E-state index in [1.807, 2.05) is 0 Å². The van der Waals surface area contributed by atoms with E-state index in [0.29, 0.717) is 0 Å². The second-order valence-corrected chi connectivity index (χ2v) is 3.92. The maximum absolute atomic E-state index is 11.7. The van der Waals surface area contributed by atoms with Crippen molar-refractivity contribution < 1.29 is 28.6 Å². The van der Waals surface area contributed by atoms with E-state index >= 15 is 0 Å². The summed E-state index contributed by atoms with van der Waals surface area (Å²) < 4.78 is 15.0. The van der Waals surface area contributed by atoms with E-state index in [1.165, 1.54) is 13.2 Å². The van der Waals surface area contributed by atoms with Crippen molar-refractivity contribution in [3.63, 3.8) is 0 Å². The zero-order valence-electron chi connectivity index (χ0n) is 9.44. The predicted octanol–water partition coefficient (Wildman–Crippen LogP) is 0.623. The van der Waals surface area contributed by atoms with Crippen molar-refractivity contribution in [3.05, 3.63) is 22.8 Å². The highest BCUT2D eigenvalue weighted by Gasteiger charge is 2.37. The SMILES string of the molecule is COC(=O)c1c2c(cc3c1OCC3=O)C(=O)CO2. The Kier molecular flexibility index (Phi) is 2.13. The quantitative estimate of drug-likeness (QED) is 0.678. The van der Waals surface area contributed by atoms with E-state index < -0.39 is 5.97 Å². The van der Waals surface area contributed by atoms with Gasteiger partial charge in [-0.3, -0.25) is 9.59 Å². The van der Waals surface area contributed by atoms with Crippen LogP contribution in [0.25, 0.3) is 0 Å². The number of hydrogen-bond acceptors (Lipinski definition) is 6. The summed E-state index contributed by atoms with van der Waals surface area (Å²) >= 11 is 0. The summed E-state index contributed by atoms with van der Waals surface area (Å²) in [7, 11) is 1.21. The Morgan fingerprint density at radius 3 is 2.06 bits per heavy atom. The normalized spacial score (nSPS) is 15.8. The van der Waals surface area contributed by atoms with Crippen molar-refractivity contribution in [2.75, 3.05) is 20.3 Å². The molecule has 1 aromatic rings. The average molecular weight is 248 g/mol. The summed E-state index contributed by atoms with van der Waals surface area (Å²) in [5.41, 5.74) is 0.475. The average Bonchev–Trinajstić information content (AvgIpc) is 2.92. The summed E-state index contributed by atoms with van der Waals surface area (Å²) in [4.78, 5) is 35.0. The third-order valence-corrected chi connectivity index (χ3v) is 2.92. The minimum Gasteiger partial charge on any atom is -0.484 e. The van der Waals surface area contributed by atoms with Gasteiger partial charge in [0, 0.05) is 0 Å². The van der Waals surface area contributed by atoms with Gasteiger partial charge >= 0.3 is 5.97 Å². The van der Waals surface area contributed by atoms with Crippen molar-refractivity contribution in [1.82, 2.24) is 0 Å². The topological polar surface area (TPSA) is 78.9 Å². The standard InChI is InChI=1S/C12H8O6/c1-16-12(15)9-10-5(7(13)3-17-10)2-6-8(14)4-18-11(6)9/h2H,3-4H2,1H3. The second kappa shape index (κ2) is 3.56. The van der Waals surface area contributed by atoms with Crippen LogP contribution in [0.4, 0.5) is 0 Å². The van der Waals surface area contributed by atoms with E-state index in [0.717, 1.165) is 0 Å². The summed E-state index contributed by atoms with van der Waals surface area (Å²) in [6.45, 7) is -0.285. The van der Waals surface area contributed by atoms with Gasteiger partial charge in [-0.1, -0.05) is 0 Å². The van der Waals surface area contributed by atoms with E-state index in [4.69, 9.17) is 9.47 Å². The maximum atomic E-state index is 11.7. The number of carbonyl (C=O) groups is 3. The van der Waals surface area contributed by atoms with E-state index in [9.17, 15) is 14.4 Å². The van der Waals surface area contributed by atoms with Gasteiger partial charge < -0.3 is 14.2 Å². The fourth-order valence-corrected chi connectivity index (χ4v) is 2.08. The second-order valence-electron chi connectivity index (χ2n) is 3.92. The largest absolute Gasteiger partial charge is 0.484 e. The number of fused-ring (bicyclic) bond motifs is 2.